The van der Waals surface area contributed by atoms with E-state index in [1.54, 1.807) is 0 Å². The number of ether oxygens (including phenoxy) is 2. The lowest BCUT2D eigenvalue weighted by Gasteiger charge is -2.37. The molecule has 1 heterocycles. The summed E-state index contributed by atoms with van der Waals surface area (Å²) in [6.45, 7) is -0.498. The number of phenols is 2. The van der Waals surface area contributed by atoms with Gasteiger partial charge in [-0.3, -0.25) is 0 Å². The van der Waals surface area contributed by atoms with Gasteiger partial charge in [0.2, 0.25) is 0 Å². The maximum Gasteiger partial charge on any atom is 0.338 e. The van der Waals surface area contributed by atoms with Crippen LogP contribution in [-0.2, 0) is 9.47 Å². The molecule has 0 saturated carbocycles. The summed E-state index contributed by atoms with van der Waals surface area (Å²) in [7, 11) is 0. The number of rotatable bonds is 3. The van der Waals surface area contributed by atoms with Crippen molar-refractivity contribution in [1.82, 2.24) is 0 Å². The predicted molar refractivity (Wildman–Crippen MR) is 69.0 cm³/mol. The molecule has 9 nitrogen and oxygen atoms in total. The molecule has 0 radical (unpaired) electrons. The van der Waals surface area contributed by atoms with Crippen LogP contribution in [0.15, 0.2) is 18.2 Å². The molecule has 1 aromatic carbocycles. The van der Waals surface area contributed by atoms with Gasteiger partial charge in [-0.2, -0.15) is 0 Å². The van der Waals surface area contributed by atoms with Crippen molar-refractivity contribution in [2.75, 3.05) is 6.61 Å². The number of phenolic OH excluding ortho intramolecular Hbond substituents is 2. The highest BCUT2D eigenvalue weighted by Gasteiger charge is 2.43. The summed E-state index contributed by atoms with van der Waals surface area (Å²) in [5, 5.41) is 56.2. The van der Waals surface area contributed by atoms with Crippen molar-refractivity contribution in [2.24, 2.45) is 0 Å². The van der Waals surface area contributed by atoms with E-state index in [1.165, 1.54) is 6.07 Å². The molecule has 122 valence electrons. The molecule has 5 atom stereocenters. The van der Waals surface area contributed by atoms with Crippen molar-refractivity contribution in [2.45, 2.75) is 30.7 Å². The van der Waals surface area contributed by atoms with Crippen LogP contribution in [0.2, 0.25) is 0 Å². The molecule has 0 spiro atoms. The molecule has 1 aromatic rings. The summed E-state index contributed by atoms with van der Waals surface area (Å²) in [6, 6.07) is 3.30. The number of aliphatic hydroxyl groups is 4. The topological polar surface area (TPSA) is 157 Å². The van der Waals surface area contributed by atoms with E-state index in [1.807, 2.05) is 0 Å². The Hall–Kier alpha value is -1.91. The lowest BCUT2D eigenvalue weighted by molar-refractivity contribution is -0.286. The van der Waals surface area contributed by atoms with E-state index >= 15 is 0 Å². The van der Waals surface area contributed by atoms with Crippen LogP contribution >= 0.6 is 0 Å². The third-order valence-electron chi connectivity index (χ3n) is 3.28. The average Bonchev–Trinajstić information content (AvgIpc) is 2.49. The van der Waals surface area contributed by atoms with Crippen molar-refractivity contribution in [3.63, 3.8) is 0 Å². The summed E-state index contributed by atoms with van der Waals surface area (Å²) < 4.78 is 9.68. The predicted octanol–water partition coefficient (Wildman–Crippen LogP) is -1.95. The van der Waals surface area contributed by atoms with E-state index in [0.29, 0.717) is 0 Å². The third kappa shape index (κ3) is 3.29. The van der Waals surface area contributed by atoms with Crippen LogP contribution < -0.4 is 0 Å². The van der Waals surface area contributed by atoms with E-state index in [-0.39, 0.29) is 5.56 Å². The van der Waals surface area contributed by atoms with Gasteiger partial charge in [-0.15, -0.1) is 0 Å². The zero-order chi connectivity index (χ0) is 16.4. The smallest absolute Gasteiger partial charge is 0.338 e. The van der Waals surface area contributed by atoms with Gasteiger partial charge in [0.25, 0.3) is 0 Å². The molecule has 9 heteroatoms. The Labute approximate surface area is 124 Å². The number of aromatic hydroxyl groups is 2. The van der Waals surface area contributed by atoms with Gasteiger partial charge in [0.1, 0.15) is 31.0 Å². The molecule has 0 aromatic heterocycles. The van der Waals surface area contributed by atoms with Crippen LogP contribution in [0.4, 0.5) is 0 Å². The van der Waals surface area contributed by atoms with Crippen LogP contribution in [0.25, 0.3) is 0 Å². The Bertz CT molecular complexity index is 546. The number of esters is 1. The highest BCUT2D eigenvalue weighted by molar-refractivity contribution is 5.90. The molecule has 0 bridgehead atoms. The zero-order valence-electron chi connectivity index (χ0n) is 11.2. The van der Waals surface area contributed by atoms with Crippen LogP contribution in [0.3, 0.4) is 0 Å². The van der Waals surface area contributed by atoms with Crippen LogP contribution in [-0.4, -0.2) is 73.9 Å². The molecule has 1 saturated heterocycles. The monoisotopic (exact) mass is 316 g/mol. The summed E-state index contributed by atoms with van der Waals surface area (Å²) in [4.78, 5) is 11.8. The molecule has 6 N–H and O–H groups in total. The molecule has 1 fully saturated rings. The van der Waals surface area contributed by atoms with Crippen molar-refractivity contribution in [1.29, 1.82) is 0 Å². The van der Waals surface area contributed by atoms with Crippen molar-refractivity contribution < 1.29 is 44.9 Å². The third-order valence-corrected chi connectivity index (χ3v) is 3.28. The Morgan fingerprint density at radius 3 is 2.36 bits per heavy atom. The second-order valence-electron chi connectivity index (χ2n) is 4.84. The van der Waals surface area contributed by atoms with Gasteiger partial charge in [0, 0.05) is 0 Å². The van der Waals surface area contributed by atoms with Crippen molar-refractivity contribution in [3.05, 3.63) is 23.8 Å². The van der Waals surface area contributed by atoms with Crippen LogP contribution in [0, 0.1) is 0 Å². The van der Waals surface area contributed by atoms with Gasteiger partial charge in [-0.1, -0.05) is 0 Å². The molecule has 0 aliphatic carbocycles. The molecule has 1 aliphatic rings. The minimum absolute atomic E-state index is 0.0540. The fourth-order valence-corrected chi connectivity index (χ4v) is 1.96. The van der Waals surface area contributed by atoms with E-state index in [2.05, 4.69) is 0 Å². The maximum atomic E-state index is 11.8. The second kappa shape index (κ2) is 6.46. The fraction of sp³-hybridized carbons (Fsp3) is 0.462. The number of aliphatic hydroxyl groups excluding tert-OH is 4. The fourth-order valence-electron chi connectivity index (χ4n) is 1.96. The first-order valence-electron chi connectivity index (χ1n) is 6.38. The largest absolute Gasteiger partial charge is 0.504 e. The summed E-state index contributed by atoms with van der Waals surface area (Å²) in [5.41, 5.74) is -0.0540. The summed E-state index contributed by atoms with van der Waals surface area (Å²) >= 11 is 0. The lowest BCUT2D eigenvalue weighted by Crippen LogP contribution is -2.58. The van der Waals surface area contributed by atoms with Crippen molar-refractivity contribution >= 4 is 5.97 Å². The van der Waals surface area contributed by atoms with Gasteiger partial charge < -0.3 is 40.1 Å². The summed E-state index contributed by atoms with van der Waals surface area (Å²) in [6.07, 6.45) is -7.83. The molecule has 0 unspecified atom stereocenters. The molecule has 2 rings (SSSR count). The minimum atomic E-state index is -1.72. The first-order valence-corrected chi connectivity index (χ1v) is 6.38. The van der Waals surface area contributed by atoms with Gasteiger partial charge in [-0.25, -0.2) is 4.79 Å². The van der Waals surface area contributed by atoms with Crippen molar-refractivity contribution in [3.8, 4) is 11.5 Å². The van der Waals surface area contributed by atoms with Gasteiger partial charge >= 0.3 is 5.97 Å². The van der Waals surface area contributed by atoms with E-state index in [0.717, 1.165) is 12.1 Å². The molecule has 22 heavy (non-hydrogen) atoms. The number of hydrogen-bond acceptors (Lipinski definition) is 9. The van der Waals surface area contributed by atoms with Crippen LogP contribution in [0.1, 0.15) is 10.4 Å². The van der Waals surface area contributed by atoms with E-state index < -0.39 is 54.8 Å². The first-order chi connectivity index (χ1) is 10.3. The zero-order valence-corrected chi connectivity index (χ0v) is 11.2. The highest BCUT2D eigenvalue weighted by atomic mass is 16.6. The van der Waals surface area contributed by atoms with E-state index in [9.17, 15) is 30.3 Å². The maximum absolute atomic E-state index is 11.8. The Morgan fingerprint density at radius 2 is 1.73 bits per heavy atom. The summed E-state index contributed by atoms with van der Waals surface area (Å²) in [5.74, 6) is -1.78. The first kappa shape index (κ1) is 16.5. The molecular formula is C13H16O9. The van der Waals surface area contributed by atoms with Crippen LogP contribution in [0.5, 0.6) is 11.5 Å². The second-order valence-corrected chi connectivity index (χ2v) is 4.84. The van der Waals surface area contributed by atoms with Gasteiger partial charge in [-0.05, 0) is 18.2 Å². The van der Waals surface area contributed by atoms with E-state index in [4.69, 9.17) is 14.6 Å². The Kier molecular flexibility index (Phi) is 4.84. The Balaban J connectivity index is 1.97. The standard InChI is InChI=1S/C13H16O9/c14-6-2-1-5(3-7(6)15)12(19)21-4-8-9(16)10(17)11(18)13(20)22-8/h1-3,8-11,13-18,20H,4H2/t8-,9-,10+,11-,13-/m1/s1. The van der Waals surface area contributed by atoms with Gasteiger partial charge in [0.15, 0.2) is 17.8 Å². The number of carbonyl (C=O) groups is 1. The minimum Gasteiger partial charge on any atom is -0.504 e. The Morgan fingerprint density at radius 1 is 1.05 bits per heavy atom. The molecular weight excluding hydrogens is 300 g/mol. The molecule has 1 aliphatic heterocycles. The lowest BCUT2D eigenvalue weighted by atomic mass is 9.99. The average molecular weight is 316 g/mol. The quantitative estimate of drug-likeness (QED) is 0.275. The number of hydrogen-bond donors (Lipinski definition) is 6. The number of benzene rings is 1. The normalized spacial score (nSPS) is 31.7. The highest BCUT2D eigenvalue weighted by Crippen LogP contribution is 2.25. The molecule has 0 amide bonds. The number of carbonyl (C=O) groups excluding carboxylic acids is 1. The SMILES string of the molecule is O=C(OC[C@H]1O[C@@H](O)[C@H](O)[C@@H](O)[C@@H]1O)c1ccc(O)c(O)c1. The van der Waals surface area contributed by atoms with Gasteiger partial charge in [0.05, 0.1) is 5.56 Å².